The van der Waals surface area contributed by atoms with Gasteiger partial charge in [0.1, 0.15) is 0 Å². The molecule has 0 aliphatic carbocycles. The van der Waals surface area contributed by atoms with Crippen LogP contribution in [0.25, 0.3) is 0 Å². The van der Waals surface area contributed by atoms with E-state index in [4.69, 9.17) is 0 Å². The molecule has 0 saturated carbocycles. The van der Waals surface area contributed by atoms with Crippen molar-refractivity contribution in [3.63, 3.8) is 0 Å². The van der Waals surface area contributed by atoms with E-state index < -0.39 is 0 Å². The minimum absolute atomic E-state index is 0.195. The predicted molar refractivity (Wildman–Crippen MR) is 60.6 cm³/mol. The van der Waals surface area contributed by atoms with Crippen LogP contribution in [0.3, 0.4) is 0 Å². The van der Waals surface area contributed by atoms with Crippen molar-refractivity contribution in [2.24, 2.45) is 0 Å². The summed E-state index contributed by atoms with van der Waals surface area (Å²) in [6.45, 7) is 4.70. The largest absolute Gasteiger partial charge is 0.340 e. The highest BCUT2D eigenvalue weighted by Gasteiger charge is 2.32. The summed E-state index contributed by atoms with van der Waals surface area (Å²) in [6, 6.07) is 10.8. The molecule has 1 amide bonds. The number of nitrogens with zero attached hydrogens (tertiary/aromatic N) is 1. The van der Waals surface area contributed by atoms with Gasteiger partial charge in [0.2, 0.25) is 5.91 Å². The van der Waals surface area contributed by atoms with Crippen LogP contribution in [-0.4, -0.2) is 23.4 Å². The van der Waals surface area contributed by atoms with Crippen molar-refractivity contribution in [1.82, 2.24) is 4.90 Å². The van der Waals surface area contributed by atoms with E-state index >= 15 is 0 Å². The number of hydrogen-bond donors (Lipinski definition) is 0. The Labute approximate surface area is 90.9 Å². The molecular formula is C13H17NO. The first kappa shape index (κ1) is 10.2. The van der Waals surface area contributed by atoms with E-state index in [0.717, 1.165) is 13.0 Å². The van der Waals surface area contributed by atoms with Crippen molar-refractivity contribution in [3.05, 3.63) is 35.9 Å². The maximum absolute atomic E-state index is 11.4. The summed E-state index contributed by atoms with van der Waals surface area (Å²) in [5, 5.41) is 0. The van der Waals surface area contributed by atoms with Gasteiger partial charge in [-0.15, -0.1) is 0 Å². The Bertz CT molecular complexity index is 347. The summed E-state index contributed by atoms with van der Waals surface area (Å²) in [6.07, 6.45) is 1.09. The van der Waals surface area contributed by atoms with Crippen LogP contribution in [0, 0.1) is 0 Å². The van der Waals surface area contributed by atoms with Crippen LogP contribution in [-0.2, 0) is 4.79 Å². The monoisotopic (exact) mass is 203 g/mol. The molecule has 0 aromatic heterocycles. The first-order valence-corrected chi connectivity index (χ1v) is 5.52. The van der Waals surface area contributed by atoms with E-state index in [1.54, 1.807) is 6.92 Å². The average Bonchev–Trinajstić information content (AvgIpc) is 2.61. The lowest BCUT2D eigenvalue weighted by molar-refractivity contribution is -0.129. The molecule has 1 aliphatic rings. The molecule has 1 saturated heterocycles. The van der Waals surface area contributed by atoms with Crippen molar-refractivity contribution < 1.29 is 4.79 Å². The molecule has 2 nitrogen and oxygen atoms in total. The van der Waals surface area contributed by atoms with Gasteiger partial charge in [-0.1, -0.05) is 30.3 Å². The lowest BCUT2D eigenvalue weighted by Crippen LogP contribution is -2.33. The van der Waals surface area contributed by atoms with Gasteiger partial charge in [-0.25, -0.2) is 0 Å². The smallest absolute Gasteiger partial charge is 0.219 e. The number of amides is 1. The maximum atomic E-state index is 11.4. The molecule has 0 spiro atoms. The van der Waals surface area contributed by atoms with Crippen LogP contribution in [0.4, 0.5) is 0 Å². The van der Waals surface area contributed by atoms with Crippen molar-refractivity contribution in [2.75, 3.05) is 6.54 Å². The molecule has 80 valence electrons. The van der Waals surface area contributed by atoms with Crippen molar-refractivity contribution in [2.45, 2.75) is 32.2 Å². The number of rotatable bonds is 1. The van der Waals surface area contributed by atoms with Crippen molar-refractivity contribution >= 4 is 5.91 Å². The summed E-state index contributed by atoms with van der Waals surface area (Å²) in [5.74, 6) is 0.705. The molecule has 2 unspecified atom stereocenters. The second-order valence-electron chi connectivity index (χ2n) is 4.26. The van der Waals surface area contributed by atoms with E-state index in [0.29, 0.717) is 12.0 Å². The summed E-state index contributed by atoms with van der Waals surface area (Å²) in [4.78, 5) is 13.3. The summed E-state index contributed by atoms with van der Waals surface area (Å²) in [7, 11) is 0. The quantitative estimate of drug-likeness (QED) is 0.686. The number of likely N-dealkylation sites (tertiary alicyclic amines) is 1. The Morgan fingerprint density at radius 2 is 2.00 bits per heavy atom. The Morgan fingerprint density at radius 1 is 1.33 bits per heavy atom. The molecule has 1 heterocycles. The van der Waals surface area contributed by atoms with Gasteiger partial charge in [0.15, 0.2) is 0 Å². The molecular weight excluding hydrogens is 186 g/mol. The van der Waals surface area contributed by atoms with Crippen LogP contribution in [0.15, 0.2) is 30.3 Å². The second kappa shape index (κ2) is 4.05. The van der Waals surface area contributed by atoms with Crippen LogP contribution in [0.2, 0.25) is 0 Å². The van der Waals surface area contributed by atoms with E-state index in [9.17, 15) is 4.79 Å². The van der Waals surface area contributed by atoms with E-state index in [2.05, 4.69) is 31.2 Å². The number of carbonyl (C=O) groups excluding carboxylic acids is 1. The van der Waals surface area contributed by atoms with Gasteiger partial charge < -0.3 is 4.90 Å². The molecule has 2 atom stereocenters. The molecule has 0 N–H and O–H groups in total. The van der Waals surface area contributed by atoms with E-state index in [1.807, 2.05) is 11.0 Å². The fourth-order valence-corrected chi connectivity index (χ4v) is 2.53. The molecule has 1 aliphatic heterocycles. The van der Waals surface area contributed by atoms with Gasteiger partial charge in [-0.3, -0.25) is 4.79 Å². The molecule has 1 aromatic rings. The molecule has 1 aromatic carbocycles. The Hall–Kier alpha value is -1.31. The van der Waals surface area contributed by atoms with Gasteiger partial charge in [0.25, 0.3) is 0 Å². The highest BCUT2D eigenvalue weighted by Crippen LogP contribution is 2.32. The Balaban J connectivity index is 2.17. The van der Waals surface area contributed by atoms with Gasteiger partial charge in [0, 0.05) is 25.4 Å². The van der Waals surface area contributed by atoms with Gasteiger partial charge in [-0.2, -0.15) is 0 Å². The fourth-order valence-electron chi connectivity index (χ4n) is 2.53. The normalized spacial score (nSPS) is 25.6. The summed E-state index contributed by atoms with van der Waals surface area (Å²) < 4.78 is 0. The molecule has 0 bridgehead atoms. The van der Waals surface area contributed by atoms with Crippen LogP contribution >= 0.6 is 0 Å². The summed E-state index contributed by atoms with van der Waals surface area (Å²) in [5.41, 5.74) is 1.36. The highest BCUT2D eigenvalue weighted by atomic mass is 16.2. The minimum Gasteiger partial charge on any atom is -0.340 e. The molecule has 2 rings (SSSR count). The first-order valence-electron chi connectivity index (χ1n) is 5.52. The van der Waals surface area contributed by atoms with Crippen molar-refractivity contribution in [1.29, 1.82) is 0 Å². The zero-order valence-corrected chi connectivity index (χ0v) is 9.31. The lowest BCUT2D eigenvalue weighted by Gasteiger charge is -2.23. The SMILES string of the molecule is CC(=O)N1CCC(c2ccccc2)C1C. The predicted octanol–water partition coefficient (Wildman–Crippen LogP) is 2.41. The summed E-state index contributed by atoms with van der Waals surface area (Å²) >= 11 is 0. The van der Waals surface area contributed by atoms with Crippen molar-refractivity contribution in [3.8, 4) is 0 Å². The van der Waals surface area contributed by atoms with Crippen LogP contribution in [0.1, 0.15) is 31.7 Å². The molecule has 1 fully saturated rings. The van der Waals surface area contributed by atoms with Crippen LogP contribution in [0.5, 0.6) is 0 Å². The third-order valence-electron chi connectivity index (χ3n) is 3.39. The Morgan fingerprint density at radius 3 is 2.53 bits per heavy atom. The Kier molecular flexibility index (Phi) is 2.76. The standard InChI is InChI=1S/C13H17NO/c1-10-13(8-9-14(10)11(2)15)12-6-4-3-5-7-12/h3-7,10,13H,8-9H2,1-2H3. The second-order valence-corrected chi connectivity index (χ2v) is 4.26. The minimum atomic E-state index is 0.195. The zero-order chi connectivity index (χ0) is 10.8. The number of hydrogen-bond acceptors (Lipinski definition) is 1. The number of benzene rings is 1. The molecule has 15 heavy (non-hydrogen) atoms. The average molecular weight is 203 g/mol. The zero-order valence-electron chi connectivity index (χ0n) is 9.31. The van der Waals surface area contributed by atoms with E-state index in [-0.39, 0.29) is 5.91 Å². The lowest BCUT2D eigenvalue weighted by atomic mass is 9.93. The first-order chi connectivity index (χ1) is 7.20. The fraction of sp³-hybridized carbons (Fsp3) is 0.462. The van der Waals surface area contributed by atoms with Gasteiger partial charge >= 0.3 is 0 Å². The van der Waals surface area contributed by atoms with Crippen LogP contribution < -0.4 is 0 Å². The third-order valence-corrected chi connectivity index (χ3v) is 3.39. The van der Waals surface area contributed by atoms with Gasteiger partial charge in [0.05, 0.1) is 0 Å². The highest BCUT2D eigenvalue weighted by molar-refractivity contribution is 5.74. The maximum Gasteiger partial charge on any atom is 0.219 e. The molecule has 0 radical (unpaired) electrons. The number of carbonyl (C=O) groups is 1. The third kappa shape index (κ3) is 1.89. The molecule has 2 heteroatoms. The topological polar surface area (TPSA) is 20.3 Å². The van der Waals surface area contributed by atoms with E-state index in [1.165, 1.54) is 5.56 Å². The van der Waals surface area contributed by atoms with Gasteiger partial charge in [-0.05, 0) is 18.9 Å².